The number of amides is 1. The predicted octanol–water partition coefficient (Wildman–Crippen LogP) is 1.75. The molecule has 0 saturated carbocycles. The lowest BCUT2D eigenvalue weighted by Crippen LogP contribution is -2.39. The van der Waals surface area contributed by atoms with E-state index in [0.717, 1.165) is 22.9 Å². The second-order valence-electron chi connectivity index (χ2n) is 7.25. The maximum atomic E-state index is 12.2. The van der Waals surface area contributed by atoms with Crippen LogP contribution in [0.2, 0.25) is 0 Å². The minimum absolute atomic E-state index is 0.0536. The minimum atomic E-state index is -0.483. The van der Waals surface area contributed by atoms with Gasteiger partial charge in [-0.25, -0.2) is 4.79 Å². The lowest BCUT2D eigenvalue weighted by atomic mass is 10.2. The van der Waals surface area contributed by atoms with E-state index in [9.17, 15) is 4.79 Å². The van der Waals surface area contributed by atoms with Gasteiger partial charge in [-0.15, -0.1) is 0 Å². The number of benzene rings is 1. The van der Waals surface area contributed by atoms with Gasteiger partial charge in [0.1, 0.15) is 11.4 Å². The van der Waals surface area contributed by atoms with Crippen molar-refractivity contribution < 1.29 is 19.0 Å². The maximum absolute atomic E-state index is 12.2. The van der Waals surface area contributed by atoms with E-state index in [-0.39, 0.29) is 25.0 Å². The average Bonchev–Trinajstić information content (AvgIpc) is 3.18. The van der Waals surface area contributed by atoms with Gasteiger partial charge in [-0.3, -0.25) is 4.99 Å². The van der Waals surface area contributed by atoms with Crippen molar-refractivity contribution >= 4 is 11.9 Å². The van der Waals surface area contributed by atoms with Gasteiger partial charge in [0.25, 0.3) is 0 Å². The van der Waals surface area contributed by atoms with Crippen LogP contribution in [0.5, 0.6) is 11.5 Å². The van der Waals surface area contributed by atoms with Crippen LogP contribution in [-0.4, -0.2) is 54.4 Å². The van der Waals surface area contributed by atoms with E-state index < -0.39 is 5.60 Å². The topological polar surface area (TPSA) is 72.4 Å². The van der Waals surface area contributed by atoms with Crippen LogP contribution in [0.1, 0.15) is 26.3 Å². The van der Waals surface area contributed by atoms with Gasteiger partial charge in [0.15, 0.2) is 11.5 Å². The maximum Gasteiger partial charge on any atom is 0.410 e. The fourth-order valence-corrected chi connectivity index (χ4v) is 3.12. The molecule has 3 aliphatic heterocycles. The highest BCUT2D eigenvalue weighted by Gasteiger charge is 2.41. The number of hydrogen-bond acceptors (Lipinski definition) is 6. The Hall–Kier alpha value is -2.44. The molecule has 1 N–H and O–H groups in total. The van der Waals surface area contributed by atoms with E-state index in [2.05, 4.69) is 5.32 Å². The molecule has 1 aromatic rings. The number of fused-ring (bicyclic) bond motifs is 2. The Labute approximate surface area is 140 Å². The van der Waals surface area contributed by atoms with Crippen molar-refractivity contribution in [2.75, 3.05) is 19.9 Å². The van der Waals surface area contributed by atoms with Crippen molar-refractivity contribution in [2.24, 2.45) is 4.99 Å². The second-order valence-corrected chi connectivity index (χ2v) is 7.25. The van der Waals surface area contributed by atoms with E-state index in [4.69, 9.17) is 19.2 Å². The van der Waals surface area contributed by atoms with Crippen LogP contribution in [0.15, 0.2) is 23.2 Å². The van der Waals surface area contributed by atoms with Gasteiger partial charge in [-0.05, 0) is 39.0 Å². The van der Waals surface area contributed by atoms with Crippen LogP contribution in [0, 0.1) is 0 Å². The summed E-state index contributed by atoms with van der Waals surface area (Å²) < 4.78 is 16.2. The first kappa shape index (κ1) is 15.1. The first-order valence-electron chi connectivity index (χ1n) is 8.11. The molecule has 0 spiro atoms. The smallest absolute Gasteiger partial charge is 0.410 e. The minimum Gasteiger partial charge on any atom is -0.454 e. The van der Waals surface area contributed by atoms with Crippen LogP contribution in [0.4, 0.5) is 4.79 Å². The standard InChI is InChI=1S/C17H21N3O4/c1-17(2,3)24-16(21)20-7-11-12(8-20)19-15(18-11)10-4-5-13-14(6-10)23-9-22-13/h4-6,11-12H,7-9H2,1-3H3,(H,18,19)/t11-,12+. The van der Waals surface area contributed by atoms with Crippen molar-refractivity contribution in [3.8, 4) is 11.5 Å². The number of ether oxygens (including phenoxy) is 3. The molecule has 1 fully saturated rings. The van der Waals surface area contributed by atoms with Gasteiger partial charge < -0.3 is 24.4 Å². The van der Waals surface area contributed by atoms with E-state index >= 15 is 0 Å². The molecule has 3 aliphatic rings. The fraction of sp³-hybridized carbons (Fsp3) is 0.529. The van der Waals surface area contributed by atoms with E-state index in [0.29, 0.717) is 13.1 Å². The van der Waals surface area contributed by atoms with Crippen LogP contribution in [-0.2, 0) is 4.74 Å². The van der Waals surface area contributed by atoms with Gasteiger partial charge in [-0.1, -0.05) is 0 Å². The molecule has 7 heteroatoms. The number of likely N-dealkylation sites (tertiary alicyclic amines) is 1. The summed E-state index contributed by atoms with van der Waals surface area (Å²) in [7, 11) is 0. The average molecular weight is 331 g/mol. The summed E-state index contributed by atoms with van der Waals surface area (Å²) in [6, 6.07) is 5.96. The number of nitrogens with one attached hydrogen (secondary N) is 1. The summed E-state index contributed by atoms with van der Waals surface area (Å²) in [4.78, 5) is 18.6. The molecule has 2 atom stereocenters. The summed E-state index contributed by atoms with van der Waals surface area (Å²) >= 11 is 0. The monoisotopic (exact) mass is 331 g/mol. The second kappa shape index (κ2) is 5.29. The summed E-state index contributed by atoms with van der Waals surface area (Å²) in [6.45, 7) is 7.04. The molecule has 3 heterocycles. The number of carbonyl (C=O) groups is 1. The molecule has 0 bridgehead atoms. The highest BCUT2D eigenvalue weighted by Crippen LogP contribution is 2.33. The first-order valence-corrected chi connectivity index (χ1v) is 8.11. The number of hydrogen-bond donors (Lipinski definition) is 1. The Bertz CT molecular complexity index is 710. The quantitative estimate of drug-likeness (QED) is 0.849. The molecule has 0 aromatic heterocycles. The van der Waals surface area contributed by atoms with E-state index in [1.165, 1.54) is 0 Å². The van der Waals surface area contributed by atoms with Gasteiger partial charge in [0, 0.05) is 18.7 Å². The van der Waals surface area contributed by atoms with E-state index in [1.807, 2.05) is 39.0 Å². The molecule has 1 saturated heterocycles. The lowest BCUT2D eigenvalue weighted by molar-refractivity contribution is 0.0289. The SMILES string of the molecule is CC(C)(C)OC(=O)N1C[C@@H]2N=C(c3ccc4c(c3)OCO4)N[C@@H]2C1. The van der Waals surface area contributed by atoms with Crippen molar-refractivity contribution in [2.45, 2.75) is 38.5 Å². The highest BCUT2D eigenvalue weighted by atomic mass is 16.7. The molecule has 128 valence electrons. The van der Waals surface area contributed by atoms with Crippen molar-refractivity contribution in [3.05, 3.63) is 23.8 Å². The fourth-order valence-electron chi connectivity index (χ4n) is 3.12. The van der Waals surface area contributed by atoms with Crippen molar-refractivity contribution in [1.29, 1.82) is 0 Å². The van der Waals surface area contributed by atoms with Crippen molar-refractivity contribution in [1.82, 2.24) is 10.2 Å². The molecule has 1 aromatic carbocycles. The van der Waals surface area contributed by atoms with Crippen LogP contribution in [0.25, 0.3) is 0 Å². The van der Waals surface area contributed by atoms with Gasteiger partial charge in [-0.2, -0.15) is 0 Å². The predicted molar refractivity (Wildman–Crippen MR) is 87.6 cm³/mol. The molecule has 0 unspecified atom stereocenters. The zero-order valence-electron chi connectivity index (χ0n) is 14.0. The molecular weight excluding hydrogens is 310 g/mol. The Morgan fingerprint density at radius 3 is 2.83 bits per heavy atom. The Balaban J connectivity index is 1.45. The van der Waals surface area contributed by atoms with Crippen LogP contribution < -0.4 is 14.8 Å². The van der Waals surface area contributed by atoms with E-state index in [1.54, 1.807) is 4.90 Å². The molecule has 0 radical (unpaired) electrons. The summed E-state index contributed by atoms with van der Waals surface area (Å²) in [5, 5.41) is 3.41. The number of rotatable bonds is 1. The Morgan fingerprint density at radius 1 is 1.29 bits per heavy atom. The molecule has 0 aliphatic carbocycles. The third kappa shape index (κ3) is 2.74. The largest absolute Gasteiger partial charge is 0.454 e. The molecular formula is C17H21N3O4. The van der Waals surface area contributed by atoms with Crippen LogP contribution >= 0.6 is 0 Å². The summed E-state index contributed by atoms with van der Waals surface area (Å²) in [6.07, 6.45) is -0.279. The third-order valence-corrected chi connectivity index (χ3v) is 4.20. The first-order chi connectivity index (χ1) is 11.4. The van der Waals surface area contributed by atoms with Gasteiger partial charge in [0.05, 0.1) is 12.1 Å². The number of aliphatic imine (C=N–C) groups is 1. The van der Waals surface area contributed by atoms with Crippen LogP contribution in [0.3, 0.4) is 0 Å². The number of carbonyl (C=O) groups excluding carboxylic acids is 1. The zero-order valence-corrected chi connectivity index (χ0v) is 14.0. The molecule has 4 rings (SSSR count). The van der Waals surface area contributed by atoms with Crippen molar-refractivity contribution in [3.63, 3.8) is 0 Å². The number of nitrogens with zero attached hydrogens (tertiary/aromatic N) is 2. The number of amidine groups is 1. The highest BCUT2D eigenvalue weighted by molar-refractivity contribution is 6.01. The normalized spacial score (nSPS) is 24.5. The van der Waals surface area contributed by atoms with Gasteiger partial charge in [0.2, 0.25) is 6.79 Å². The third-order valence-electron chi connectivity index (χ3n) is 4.20. The molecule has 24 heavy (non-hydrogen) atoms. The molecule has 7 nitrogen and oxygen atoms in total. The summed E-state index contributed by atoms with van der Waals surface area (Å²) in [5.41, 5.74) is 0.487. The zero-order chi connectivity index (χ0) is 16.9. The molecule has 1 amide bonds. The summed E-state index contributed by atoms with van der Waals surface area (Å²) in [5.74, 6) is 2.34. The Morgan fingerprint density at radius 2 is 2.08 bits per heavy atom. The lowest BCUT2D eigenvalue weighted by Gasteiger charge is -2.24. The Kier molecular flexibility index (Phi) is 3.33. The van der Waals surface area contributed by atoms with Gasteiger partial charge >= 0.3 is 6.09 Å².